The Kier molecular flexibility index (Phi) is 10.5. The fourth-order valence-corrected chi connectivity index (χ4v) is 9.74. The molecule has 8 aromatic carbocycles. The molecule has 0 aliphatic heterocycles. The van der Waals surface area contributed by atoms with Crippen molar-refractivity contribution in [2.24, 2.45) is 0 Å². The second-order valence-electron chi connectivity index (χ2n) is 22.1. The Morgan fingerprint density at radius 3 is 1.72 bits per heavy atom. The van der Waals surface area contributed by atoms with E-state index in [9.17, 15) is 5.11 Å². The van der Waals surface area contributed by atoms with Crippen LogP contribution in [-0.4, -0.2) is 19.6 Å². The van der Waals surface area contributed by atoms with Crippen LogP contribution >= 0.6 is 0 Å². The highest BCUT2D eigenvalue weighted by Gasteiger charge is 2.30. The maximum atomic E-state index is 12.8. The van der Waals surface area contributed by atoms with Crippen LogP contribution in [0.15, 0.2) is 188 Å². The van der Waals surface area contributed by atoms with Gasteiger partial charge in [-0.15, -0.1) is 0 Å². The molecule has 1 N–H and O–H groups in total. The maximum Gasteiger partial charge on any atom is 0.149 e. The zero-order valence-corrected chi connectivity index (χ0v) is 42.7. The third kappa shape index (κ3) is 9.30. The Bertz CT molecular complexity index is 3850. The van der Waals surface area contributed by atoms with Crippen molar-refractivity contribution in [3.63, 3.8) is 0 Å². The molecule has 0 aliphatic rings. The quantitative estimate of drug-likeness (QED) is 0.165. The average molecular weight is 946 g/mol. The first kappa shape index (κ1) is 40.9. The fraction of sp³-hybridized carbons (Fsp3) is 0.206. The van der Waals surface area contributed by atoms with E-state index in [-0.39, 0.29) is 27.7 Å². The highest BCUT2D eigenvalue weighted by Crippen LogP contribution is 2.47. The molecule has 0 spiro atoms. The predicted molar refractivity (Wildman–Crippen MR) is 304 cm³/mol. The number of rotatable bonds is 8. The van der Waals surface area contributed by atoms with E-state index in [1.807, 2.05) is 91.0 Å². The van der Waals surface area contributed by atoms with Gasteiger partial charge in [0, 0.05) is 36.7 Å². The van der Waals surface area contributed by atoms with Crippen molar-refractivity contribution in [1.82, 2.24) is 14.5 Å². The number of phenolic OH excluding ortho intramolecular Hbond substituents is 1. The fourth-order valence-electron chi connectivity index (χ4n) is 9.74. The van der Waals surface area contributed by atoms with Gasteiger partial charge in [0.15, 0.2) is 0 Å². The van der Waals surface area contributed by atoms with Gasteiger partial charge in [0.25, 0.3) is 0 Å². The third-order valence-electron chi connectivity index (χ3n) is 13.9. The van der Waals surface area contributed by atoms with Crippen molar-refractivity contribution in [2.75, 3.05) is 0 Å². The molecule has 0 fully saturated rings. The van der Waals surface area contributed by atoms with Crippen molar-refractivity contribution in [3.05, 3.63) is 216 Å². The summed E-state index contributed by atoms with van der Waals surface area (Å²) in [6.07, 6.45) is 1.78. The molecular formula is C68H65N3O. The minimum Gasteiger partial charge on any atom is -0.507 e. The van der Waals surface area contributed by atoms with Gasteiger partial charge < -0.3 is 5.11 Å². The number of aromatic hydroxyl groups is 1. The molecule has 0 radical (unpaired) electrons. The number of aryl methyl sites for hydroxylation is 2. The average Bonchev–Trinajstić information content (AvgIpc) is 3.88. The molecule has 0 atom stereocenters. The van der Waals surface area contributed by atoms with Crippen molar-refractivity contribution < 1.29 is 13.3 Å². The third-order valence-corrected chi connectivity index (χ3v) is 13.9. The number of pyridine rings is 1. The summed E-state index contributed by atoms with van der Waals surface area (Å²) in [7, 11) is 0. The molecule has 0 amide bonds. The van der Waals surface area contributed by atoms with Gasteiger partial charge in [0.2, 0.25) is 0 Å². The molecule has 0 aliphatic carbocycles. The molecule has 10 rings (SSSR count). The topological polar surface area (TPSA) is 50.9 Å². The van der Waals surface area contributed by atoms with Crippen LogP contribution in [0.5, 0.6) is 5.75 Å². The molecule has 2 aromatic heterocycles. The summed E-state index contributed by atoms with van der Waals surface area (Å²) in [5.74, 6) is 0.623. The van der Waals surface area contributed by atoms with Gasteiger partial charge in [0.1, 0.15) is 11.6 Å². The summed E-state index contributed by atoms with van der Waals surface area (Å²) in [5.41, 5.74) is 15.2. The first-order chi connectivity index (χ1) is 36.7. The van der Waals surface area contributed by atoms with E-state index < -0.39 is 19.1 Å². The molecule has 358 valence electrons. The number of imidazole rings is 1. The van der Waals surface area contributed by atoms with Crippen molar-refractivity contribution in [3.8, 4) is 89.7 Å². The van der Waals surface area contributed by atoms with E-state index in [0.29, 0.717) is 33.7 Å². The van der Waals surface area contributed by atoms with Crippen LogP contribution in [0, 0.1) is 13.7 Å². The Morgan fingerprint density at radius 2 is 1.07 bits per heavy atom. The first-order valence-electron chi connectivity index (χ1n) is 27.8. The lowest BCUT2D eigenvalue weighted by Gasteiger charge is -2.28. The molecule has 0 saturated heterocycles. The van der Waals surface area contributed by atoms with Gasteiger partial charge in [-0.1, -0.05) is 195 Å². The minimum atomic E-state index is -2.47. The van der Waals surface area contributed by atoms with Crippen LogP contribution in [0.4, 0.5) is 0 Å². The van der Waals surface area contributed by atoms with Gasteiger partial charge in [0.05, 0.1) is 28.0 Å². The number of para-hydroxylation sites is 1. The lowest BCUT2D eigenvalue weighted by molar-refractivity contribution is 0.446. The summed E-state index contributed by atoms with van der Waals surface area (Å²) in [5, 5.41) is 12.8. The second kappa shape index (κ2) is 18.4. The van der Waals surface area contributed by atoms with E-state index in [1.165, 1.54) is 0 Å². The number of hydrogen-bond acceptors (Lipinski definition) is 3. The van der Waals surface area contributed by atoms with Crippen molar-refractivity contribution >= 4 is 11.0 Å². The lowest BCUT2D eigenvalue weighted by Crippen LogP contribution is -2.17. The summed E-state index contributed by atoms with van der Waals surface area (Å²) in [6, 6.07) is 59.9. The number of phenols is 1. The van der Waals surface area contributed by atoms with Crippen LogP contribution in [-0.2, 0) is 16.2 Å². The Hall–Kier alpha value is -7.82. The SMILES string of the molecule is [2H]C([2H])([2H])c1ccc(-c2ccnc(-c3cc(-c4ccccc4)cc(-c4cccc5c4nc(-c4cc(C(C)(C)C)cc(C(C)(C)C)c4O)n5-c4cc(-c5ccccc5)c(C([2H])([2H])[2H])cc4-c4ccc(C(C)(C)C)cc4)c3)c2)cc1. The van der Waals surface area contributed by atoms with Gasteiger partial charge in [-0.05, 0) is 146 Å². The zero-order valence-electron chi connectivity index (χ0n) is 48.7. The molecule has 0 unspecified atom stereocenters. The van der Waals surface area contributed by atoms with Crippen molar-refractivity contribution in [2.45, 2.75) is 92.3 Å². The normalized spacial score (nSPS) is 13.7. The molecule has 0 bridgehead atoms. The maximum absolute atomic E-state index is 12.8. The molecule has 2 heterocycles. The molecule has 0 saturated carbocycles. The molecule has 4 nitrogen and oxygen atoms in total. The monoisotopic (exact) mass is 946 g/mol. The second-order valence-corrected chi connectivity index (χ2v) is 22.1. The zero-order chi connectivity index (χ0) is 55.7. The lowest BCUT2D eigenvalue weighted by atomic mass is 9.79. The number of aromatic nitrogens is 3. The van der Waals surface area contributed by atoms with E-state index in [4.69, 9.17) is 18.2 Å². The van der Waals surface area contributed by atoms with Gasteiger partial charge in [-0.3, -0.25) is 9.55 Å². The largest absolute Gasteiger partial charge is 0.507 e. The van der Waals surface area contributed by atoms with Crippen LogP contribution in [0.3, 0.4) is 0 Å². The van der Waals surface area contributed by atoms with Crippen LogP contribution < -0.4 is 0 Å². The molecular weight excluding hydrogens is 875 g/mol. The number of benzene rings is 8. The highest BCUT2D eigenvalue weighted by molar-refractivity contribution is 5.99. The highest BCUT2D eigenvalue weighted by atomic mass is 16.3. The number of hydrogen-bond donors (Lipinski definition) is 1. The number of fused-ring (bicyclic) bond motifs is 1. The molecule has 10 aromatic rings. The first-order valence-corrected chi connectivity index (χ1v) is 24.8. The van der Waals surface area contributed by atoms with Crippen LogP contribution in [0.1, 0.15) is 98.4 Å². The standard InChI is InChI=1S/C68H65N3O/c1-43-25-27-46(28-26-43)49-33-34-69-60(39-49)52-37-50(45-19-14-12-15-20-45)36-51(38-52)55-23-18-24-61-63(55)70-65(58-40-54(67(6,7)8)41-59(64(58)72)68(9,10)11)71(61)62-42-56(47-21-16-13-17-22-47)44(2)35-57(62)48-29-31-53(32-30-48)66(3,4)5/h12-42,72H,1-11H3/i1D3,2D3. The van der Waals surface area contributed by atoms with Crippen molar-refractivity contribution in [1.29, 1.82) is 0 Å². The van der Waals surface area contributed by atoms with E-state index in [2.05, 4.69) is 146 Å². The minimum absolute atomic E-state index is 0.124. The summed E-state index contributed by atoms with van der Waals surface area (Å²) < 4.78 is 52.9. The Labute approximate surface area is 435 Å². The summed E-state index contributed by atoms with van der Waals surface area (Å²) in [6.45, 7) is 14.7. The summed E-state index contributed by atoms with van der Waals surface area (Å²) >= 11 is 0. The Morgan fingerprint density at radius 1 is 0.444 bits per heavy atom. The molecule has 72 heavy (non-hydrogen) atoms. The van der Waals surface area contributed by atoms with Gasteiger partial charge >= 0.3 is 0 Å². The van der Waals surface area contributed by atoms with E-state index in [0.717, 1.165) is 78.0 Å². The number of nitrogens with zero attached hydrogens (tertiary/aromatic N) is 3. The predicted octanol–water partition coefficient (Wildman–Crippen LogP) is 18.3. The van der Waals surface area contributed by atoms with Gasteiger partial charge in [-0.25, -0.2) is 4.98 Å². The van der Waals surface area contributed by atoms with Crippen LogP contribution in [0.2, 0.25) is 0 Å². The van der Waals surface area contributed by atoms with E-state index >= 15 is 0 Å². The molecule has 4 heteroatoms. The van der Waals surface area contributed by atoms with E-state index in [1.54, 1.807) is 18.3 Å². The summed E-state index contributed by atoms with van der Waals surface area (Å²) in [4.78, 5) is 10.6. The van der Waals surface area contributed by atoms with Gasteiger partial charge in [-0.2, -0.15) is 0 Å². The smallest absolute Gasteiger partial charge is 0.149 e. The Balaban J connectivity index is 1.31. The van der Waals surface area contributed by atoms with Crippen LogP contribution in [0.25, 0.3) is 95.0 Å².